The van der Waals surface area contributed by atoms with Crippen molar-refractivity contribution < 1.29 is 4.39 Å². The normalized spacial score (nSPS) is 20.5. The molecule has 0 heterocycles. The van der Waals surface area contributed by atoms with Crippen LogP contribution in [0.1, 0.15) is 38.3 Å². The molecule has 0 nitrogen and oxygen atoms in total. The van der Waals surface area contributed by atoms with E-state index in [2.05, 4.69) is 56.2 Å². The van der Waals surface area contributed by atoms with Gasteiger partial charge in [0.05, 0.1) is 25.0 Å². The van der Waals surface area contributed by atoms with Gasteiger partial charge in [0, 0.05) is 24.0 Å². The van der Waals surface area contributed by atoms with Crippen LogP contribution in [0.5, 0.6) is 0 Å². The SMILES string of the molecule is Cc1c2cccc1C([S+](C)C)Cc1cccc(c1F)C([S+](C)C)C2. The Kier molecular flexibility index (Phi) is 5.31. The maximum Gasteiger partial charge on any atom is 0.149 e. The molecule has 3 heteroatoms. The lowest BCUT2D eigenvalue weighted by molar-refractivity contribution is 0.586. The number of fused-ring (bicyclic) bond motifs is 4. The van der Waals surface area contributed by atoms with Crippen LogP contribution in [0.3, 0.4) is 0 Å². The molecule has 2 aromatic carbocycles. The van der Waals surface area contributed by atoms with Crippen molar-refractivity contribution in [2.75, 3.05) is 25.0 Å². The number of benzene rings is 2. The van der Waals surface area contributed by atoms with E-state index in [-0.39, 0.29) is 32.9 Å². The lowest BCUT2D eigenvalue weighted by atomic mass is 9.90. The smallest absolute Gasteiger partial charge is 0.149 e. The van der Waals surface area contributed by atoms with Crippen molar-refractivity contribution in [3.63, 3.8) is 0 Å². The molecule has 0 aromatic heterocycles. The van der Waals surface area contributed by atoms with Crippen molar-refractivity contribution in [3.05, 3.63) is 70.0 Å². The zero-order valence-electron chi connectivity index (χ0n) is 15.2. The Hall–Kier alpha value is -0.930. The van der Waals surface area contributed by atoms with Gasteiger partial charge in [0.15, 0.2) is 0 Å². The molecule has 3 rings (SSSR count). The Balaban J connectivity index is 2.23. The standard InChI is InChI=1S/C21H27FS2/c1-14-15-8-6-10-17(14)19(23(2)3)13-16-9-7-11-18(21(16)22)20(12-15)24(4)5/h6-11,19-20H,12-13H2,1-5H3/q+2. The molecule has 2 aromatic rings. The van der Waals surface area contributed by atoms with Crippen LogP contribution in [0.4, 0.5) is 4.39 Å². The summed E-state index contributed by atoms with van der Waals surface area (Å²) < 4.78 is 15.3. The summed E-state index contributed by atoms with van der Waals surface area (Å²) in [4.78, 5) is 0. The van der Waals surface area contributed by atoms with E-state index >= 15 is 4.39 Å². The molecule has 0 N–H and O–H groups in total. The topological polar surface area (TPSA) is 0 Å². The molecule has 0 spiro atoms. The third-order valence-corrected chi connectivity index (χ3v) is 8.36. The molecular formula is C21H27FS2+2. The van der Waals surface area contributed by atoms with Gasteiger partial charge in [-0.15, -0.1) is 0 Å². The van der Waals surface area contributed by atoms with Gasteiger partial charge in [0.2, 0.25) is 0 Å². The van der Waals surface area contributed by atoms with Crippen LogP contribution in [0.2, 0.25) is 0 Å². The molecule has 0 radical (unpaired) electrons. The molecule has 0 fully saturated rings. The van der Waals surface area contributed by atoms with E-state index in [1.165, 1.54) is 16.7 Å². The number of hydrogen-bond donors (Lipinski definition) is 0. The Morgan fingerprint density at radius 2 is 1.29 bits per heavy atom. The second kappa shape index (κ2) is 7.13. The Bertz CT molecular complexity index is 673. The molecular weight excluding hydrogens is 335 g/mol. The lowest BCUT2D eigenvalue weighted by Crippen LogP contribution is -2.21. The quantitative estimate of drug-likeness (QED) is 0.675. The van der Waals surface area contributed by atoms with Gasteiger partial charge in [0.1, 0.15) is 16.3 Å². The van der Waals surface area contributed by atoms with Gasteiger partial charge in [-0.2, -0.15) is 0 Å². The minimum Gasteiger partial charge on any atom is -0.206 e. The number of halogens is 1. The van der Waals surface area contributed by atoms with Crippen LogP contribution in [-0.2, 0) is 34.6 Å². The summed E-state index contributed by atoms with van der Waals surface area (Å²) in [6.07, 6.45) is 10.8. The fraction of sp³-hybridized carbons (Fsp3) is 0.429. The van der Waals surface area contributed by atoms with Crippen LogP contribution >= 0.6 is 0 Å². The first-order valence-electron chi connectivity index (χ1n) is 8.38. The highest BCUT2D eigenvalue weighted by atomic mass is 32.2. The molecule has 0 aliphatic heterocycles. The van der Waals surface area contributed by atoms with Crippen molar-refractivity contribution in [2.45, 2.75) is 30.3 Å². The van der Waals surface area contributed by atoms with Crippen LogP contribution < -0.4 is 0 Å². The van der Waals surface area contributed by atoms with Gasteiger partial charge < -0.3 is 0 Å². The third kappa shape index (κ3) is 3.25. The molecule has 0 amide bonds. The number of rotatable bonds is 2. The first kappa shape index (κ1) is 17.9. The fourth-order valence-corrected chi connectivity index (χ4v) is 6.22. The summed E-state index contributed by atoms with van der Waals surface area (Å²) >= 11 is 0. The molecule has 128 valence electrons. The van der Waals surface area contributed by atoms with Gasteiger partial charge in [0.25, 0.3) is 0 Å². The van der Waals surface area contributed by atoms with E-state index < -0.39 is 0 Å². The largest absolute Gasteiger partial charge is 0.206 e. The summed E-state index contributed by atoms with van der Waals surface area (Å²) in [6.45, 7) is 2.26. The first-order chi connectivity index (χ1) is 11.4. The summed E-state index contributed by atoms with van der Waals surface area (Å²) in [5.74, 6) is 0.0435. The Morgan fingerprint density at radius 1 is 0.792 bits per heavy atom. The molecule has 1 aliphatic rings. The molecule has 2 unspecified atom stereocenters. The van der Waals surface area contributed by atoms with E-state index in [0.717, 1.165) is 24.0 Å². The average molecular weight is 363 g/mol. The van der Waals surface area contributed by atoms with E-state index in [4.69, 9.17) is 0 Å². The van der Waals surface area contributed by atoms with E-state index in [1.807, 2.05) is 12.1 Å². The average Bonchev–Trinajstić information content (AvgIpc) is 2.52. The van der Waals surface area contributed by atoms with Crippen molar-refractivity contribution in [1.82, 2.24) is 0 Å². The van der Waals surface area contributed by atoms with Crippen molar-refractivity contribution in [2.24, 2.45) is 0 Å². The second-order valence-corrected chi connectivity index (χ2v) is 11.8. The van der Waals surface area contributed by atoms with Gasteiger partial charge in [-0.3, -0.25) is 0 Å². The maximum absolute atomic E-state index is 15.3. The second-order valence-electron chi connectivity index (χ2n) is 7.10. The molecule has 1 aliphatic carbocycles. The minimum absolute atomic E-state index is 0.0435. The van der Waals surface area contributed by atoms with E-state index in [0.29, 0.717) is 5.25 Å². The summed E-state index contributed by atoms with van der Waals surface area (Å²) in [6, 6.07) is 12.7. The predicted molar refractivity (Wildman–Crippen MR) is 109 cm³/mol. The zero-order valence-corrected chi connectivity index (χ0v) is 16.9. The van der Waals surface area contributed by atoms with E-state index in [9.17, 15) is 0 Å². The molecule has 4 bridgehead atoms. The van der Waals surface area contributed by atoms with Crippen molar-refractivity contribution in [1.29, 1.82) is 0 Å². The van der Waals surface area contributed by atoms with Gasteiger partial charge >= 0.3 is 0 Å². The van der Waals surface area contributed by atoms with Crippen LogP contribution in [0.25, 0.3) is 0 Å². The first-order valence-corrected chi connectivity index (χ1v) is 12.6. The highest BCUT2D eigenvalue weighted by Crippen LogP contribution is 2.37. The predicted octanol–water partition coefficient (Wildman–Crippen LogP) is 4.77. The molecule has 2 atom stereocenters. The minimum atomic E-state index is 0.0435. The highest BCUT2D eigenvalue weighted by molar-refractivity contribution is 7.96. The van der Waals surface area contributed by atoms with Gasteiger partial charge in [-0.25, -0.2) is 4.39 Å². The van der Waals surface area contributed by atoms with E-state index in [1.54, 1.807) is 0 Å². The highest BCUT2D eigenvalue weighted by Gasteiger charge is 2.34. The monoisotopic (exact) mass is 362 g/mol. The summed E-state index contributed by atoms with van der Waals surface area (Å²) in [7, 11) is 0.333. The number of hydrogen-bond acceptors (Lipinski definition) is 0. The Labute approximate surface area is 151 Å². The third-order valence-electron chi connectivity index (χ3n) is 5.24. The van der Waals surface area contributed by atoms with Crippen molar-refractivity contribution >= 4 is 21.8 Å². The van der Waals surface area contributed by atoms with Gasteiger partial charge in [-0.1, -0.05) is 36.4 Å². The maximum atomic E-state index is 15.3. The molecule has 24 heavy (non-hydrogen) atoms. The zero-order chi connectivity index (χ0) is 17.4. The van der Waals surface area contributed by atoms with Crippen LogP contribution in [0, 0.1) is 12.7 Å². The lowest BCUT2D eigenvalue weighted by Gasteiger charge is -2.24. The van der Waals surface area contributed by atoms with Crippen LogP contribution in [-0.4, -0.2) is 25.0 Å². The Morgan fingerprint density at radius 3 is 1.92 bits per heavy atom. The van der Waals surface area contributed by atoms with Crippen LogP contribution in [0.15, 0.2) is 36.4 Å². The summed E-state index contributed by atoms with van der Waals surface area (Å²) in [5.41, 5.74) is 6.03. The van der Waals surface area contributed by atoms with Crippen molar-refractivity contribution in [3.8, 4) is 0 Å². The van der Waals surface area contributed by atoms with Gasteiger partial charge in [-0.05, 0) is 45.4 Å². The molecule has 0 saturated heterocycles. The molecule has 0 saturated carbocycles. The summed E-state index contributed by atoms with van der Waals surface area (Å²) in [5, 5.41) is 0.657. The fourth-order valence-electron chi connectivity index (χ4n) is 3.74.